The molecule has 0 unspecified atom stereocenters. The summed E-state index contributed by atoms with van der Waals surface area (Å²) in [7, 11) is 0.889. The highest BCUT2D eigenvalue weighted by atomic mass is 19.4. The Labute approximate surface area is 96.3 Å². The van der Waals surface area contributed by atoms with Crippen LogP contribution in [0.5, 0.6) is 5.75 Å². The Morgan fingerprint density at radius 3 is 2.33 bits per heavy atom. The zero-order valence-corrected chi connectivity index (χ0v) is 8.66. The van der Waals surface area contributed by atoms with E-state index >= 15 is 0 Å². The number of nitro groups is 1. The molecule has 0 aliphatic heterocycles. The van der Waals surface area contributed by atoms with Crippen LogP contribution in [0.2, 0.25) is 0 Å². The van der Waals surface area contributed by atoms with Gasteiger partial charge in [-0.05, 0) is 0 Å². The summed E-state index contributed by atoms with van der Waals surface area (Å²) in [6.45, 7) is 0. The molecule has 10 heteroatoms. The van der Waals surface area contributed by atoms with Crippen LogP contribution in [0.25, 0.3) is 0 Å². The first-order chi connectivity index (χ1) is 8.18. The molecule has 1 heterocycles. The minimum atomic E-state index is -5.21. The Balaban J connectivity index is 3.58. The van der Waals surface area contributed by atoms with Crippen LogP contribution in [-0.2, 0) is 6.18 Å². The largest absolute Gasteiger partial charge is 0.494 e. The van der Waals surface area contributed by atoms with Crippen LogP contribution < -0.4 is 4.74 Å². The van der Waals surface area contributed by atoms with E-state index in [2.05, 4.69) is 9.72 Å². The van der Waals surface area contributed by atoms with Gasteiger partial charge in [-0.2, -0.15) is 13.2 Å². The SMILES string of the molecule is COc1cc([N+](=O)[O-])c(C(F)(F)F)nc1C(F)F. The lowest BCUT2D eigenvalue weighted by Gasteiger charge is -2.11. The Bertz CT molecular complexity index is 475. The third kappa shape index (κ3) is 2.63. The molecule has 0 atom stereocenters. The van der Waals surface area contributed by atoms with Gasteiger partial charge in [0.25, 0.3) is 6.43 Å². The predicted molar refractivity (Wildman–Crippen MR) is 47.4 cm³/mol. The van der Waals surface area contributed by atoms with Crippen LogP contribution in [0, 0.1) is 10.1 Å². The van der Waals surface area contributed by atoms with Crippen molar-refractivity contribution in [2.45, 2.75) is 12.6 Å². The first kappa shape index (κ1) is 14.1. The van der Waals surface area contributed by atoms with Crippen molar-refractivity contribution in [2.75, 3.05) is 7.11 Å². The van der Waals surface area contributed by atoms with Crippen LogP contribution in [-0.4, -0.2) is 17.0 Å². The lowest BCUT2D eigenvalue weighted by Crippen LogP contribution is -2.14. The number of aromatic nitrogens is 1. The second kappa shape index (κ2) is 4.70. The molecule has 5 nitrogen and oxygen atoms in total. The fraction of sp³-hybridized carbons (Fsp3) is 0.375. The summed E-state index contributed by atoms with van der Waals surface area (Å²) in [5.41, 5.74) is -4.72. The lowest BCUT2D eigenvalue weighted by molar-refractivity contribution is -0.388. The molecule has 0 aromatic carbocycles. The van der Waals surface area contributed by atoms with Crippen molar-refractivity contribution in [1.82, 2.24) is 4.98 Å². The number of nitrogens with zero attached hydrogens (tertiary/aromatic N) is 2. The van der Waals surface area contributed by atoms with Gasteiger partial charge in [0.2, 0.25) is 5.69 Å². The molecule has 0 spiro atoms. The molecular formula is C8H5F5N2O3. The van der Waals surface area contributed by atoms with Crippen LogP contribution >= 0.6 is 0 Å². The second-order valence-corrected chi connectivity index (χ2v) is 3.00. The number of ether oxygens (including phenoxy) is 1. The van der Waals surface area contributed by atoms with Gasteiger partial charge < -0.3 is 4.74 Å². The number of methoxy groups -OCH3 is 1. The van der Waals surface area contributed by atoms with Gasteiger partial charge in [0.05, 0.1) is 18.1 Å². The molecule has 0 saturated carbocycles. The normalized spacial score (nSPS) is 11.7. The maximum Gasteiger partial charge on any atom is 0.440 e. The Hall–Kier alpha value is -2.00. The van der Waals surface area contributed by atoms with Gasteiger partial charge in [-0.25, -0.2) is 13.8 Å². The molecule has 0 saturated heterocycles. The second-order valence-electron chi connectivity index (χ2n) is 3.00. The zero-order chi connectivity index (χ0) is 14.1. The van der Waals surface area contributed by atoms with Crippen molar-refractivity contribution >= 4 is 5.69 Å². The van der Waals surface area contributed by atoms with E-state index < -0.39 is 40.3 Å². The summed E-state index contributed by atoms with van der Waals surface area (Å²) in [5, 5.41) is 10.4. The highest BCUT2D eigenvalue weighted by Crippen LogP contribution is 2.39. The monoisotopic (exact) mass is 272 g/mol. The first-order valence-electron chi connectivity index (χ1n) is 4.27. The third-order valence-corrected chi connectivity index (χ3v) is 1.89. The zero-order valence-electron chi connectivity index (χ0n) is 8.66. The molecule has 100 valence electrons. The number of hydrogen-bond donors (Lipinski definition) is 0. The smallest absolute Gasteiger partial charge is 0.440 e. The summed E-state index contributed by atoms with van der Waals surface area (Å²) in [6, 6.07) is 0.275. The van der Waals surface area contributed by atoms with Crippen molar-refractivity contribution in [3.8, 4) is 5.75 Å². The predicted octanol–water partition coefficient (Wildman–Crippen LogP) is 2.95. The standard InChI is InChI=1S/C8H5F5N2O3/c1-18-4-2-3(15(16)17)6(8(11,12)13)14-5(4)7(9)10/h2,7H,1H3. The van der Waals surface area contributed by atoms with E-state index in [9.17, 15) is 32.1 Å². The summed E-state index contributed by atoms with van der Waals surface area (Å²) >= 11 is 0. The molecule has 1 aromatic rings. The maximum atomic E-state index is 12.4. The summed E-state index contributed by atoms with van der Waals surface area (Å²) < 4.78 is 66.5. The average molecular weight is 272 g/mol. The van der Waals surface area contributed by atoms with Gasteiger partial charge in [0.15, 0.2) is 5.75 Å². The van der Waals surface area contributed by atoms with Crippen molar-refractivity contribution in [2.24, 2.45) is 0 Å². The van der Waals surface area contributed by atoms with Gasteiger partial charge in [-0.1, -0.05) is 0 Å². The topological polar surface area (TPSA) is 65.3 Å². The highest BCUT2D eigenvalue weighted by Gasteiger charge is 2.42. The fourth-order valence-electron chi connectivity index (χ4n) is 1.17. The van der Waals surface area contributed by atoms with Crippen LogP contribution in [0.4, 0.5) is 27.6 Å². The number of hydrogen-bond acceptors (Lipinski definition) is 4. The molecular weight excluding hydrogens is 267 g/mol. The number of pyridine rings is 1. The average Bonchev–Trinajstić information content (AvgIpc) is 2.25. The quantitative estimate of drug-likeness (QED) is 0.482. The van der Waals surface area contributed by atoms with Crippen molar-refractivity contribution in [3.05, 3.63) is 27.6 Å². The molecule has 0 bridgehead atoms. The Morgan fingerprint density at radius 1 is 1.44 bits per heavy atom. The number of rotatable bonds is 3. The van der Waals surface area contributed by atoms with Gasteiger partial charge in [-0.3, -0.25) is 10.1 Å². The van der Waals surface area contributed by atoms with Crippen molar-refractivity contribution in [1.29, 1.82) is 0 Å². The van der Waals surface area contributed by atoms with Gasteiger partial charge in [-0.15, -0.1) is 0 Å². The summed E-state index contributed by atoms with van der Waals surface area (Å²) in [4.78, 5) is 11.7. The molecule has 0 N–H and O–H groups in total. The summed E-state index contributed by atoms with van der Waals surface area (Å²) in [6.07, 6.45) is -8.56. The van der Waals surface area contributed by atoms with Crippen LogP contribution in [0.1, 0.15) is 17.8 Å². The fourth-order valence-corrected chi connectivity index (χ4v) is 1.17. The van der Waals surface area contributed by atoms with E-state index in [0.29, 0.717) is 0 Å². The van der Waals surface area contributed by atoms with E-state index in [4.69, 9.17) is 0 Å². The van der Waals surface area contributed by atoms with Gasteiger partial charge in [0.1, 0.15) is 5.69 Å². The Morgan fingerprint density at radius 2 is 2.00 bits per heavy atom. The first-order valence-corrected chi connectivity index (χ1v) is 4.27. The lowest BCUT2D eigenvalue weighted by atomic mass is 10.2. The molecule has 1 aromatic heterocycles. The molecule has 0 aliphatic rings. The van der Waals surface area contributed by atoms with Crippen molar-refractivity contribution < 1.29 is 31.6 Å². The highest BCUT2D eigenvalue weighted by molar-refractivity contribution is 5.46. The maximum absolute atomic E-state index is 12.4. The minimum absolute atomic E-state index is 0.275. The van der Waals surface area contributed by atoms with Gasteiger partial charge in [0, 0.05) is 0 Å². The Kier molecular flexibility index (Phi) is 3.67. The third-order valence-electron chi connectivity index (χ3n) is 1.89. The number of alkyl halides is 5. The molecule has 0 amide bonds. The van der Waals surface area contributed by atoms with E-state index in [0.717, 1.165) is 7.11 Å². The van der Waals surface area contributed by atoms with Crippen LogP contribution in [0.3, 0.4) is 0 Å². The molecule has 18 heavy (non-hydrogen) atoms. The van der Waals surface area contributed by atoms with E-state index in [1.165, 1.54) is 0 Å². The van der Waals surface area contributed by atoms with E-state index in [1.807, 2.05) is 0 Å². The molecule has 0 fully saturated rings. The number of halogens is 5. The minimum Gasteiger partial charge on any atom is -0.494 e. The summed E-state index contributed by atoms with van der Waals surface area (Å²) in [5.74, 6) is -0.773. The van der Waals surface area contributed by atoms with E-state index in [-0.39, 0.29) is 6.07 Å². The molecule has 1 rings (SSSR count). The van der Waals surface area contributed by atoms with Gasteiger partial charge >= 0.3 is 11.9 Å². The molecule has 0 aliphatic carbocycles. The van der Waals surface area contributed by atoms with E-state index in [1.54, 1.807) is 0 Å². The van der Waals surface area contributed by atoms with Crippen LogP contribution in [0.15, 0.2) is 6.07 Å². The molecule has 0 radical (unpaired) electrons. The van der Waals surface area contributed by atoms with Crippen molar-refractivity contribution in [3.63, 3.8) is 0 Å².